The van der Waals surface area contributed by atoms with Crippen LogP contribution < -0.4 is 0 Å². The Morgan fingerprint density at radius 1 is 1.47 bits per heavy atom. The van der Waals surface area contributed by atoms with Gasteiger partial charge in [-0.2, -0.15) is 18.3 Å². The number of alkyl halides is 3. The van der Waals surface area contributed by atoms with E-state index in [0.29, 0.717) is 0 Å². The number of hydrogen-bond acceptors (Lipinski definition) is 3. The highest BCUT2D eigenvalue weighted by Crippen LogP contribution is 2.29. The smallest absolute Gasteiger partial charge is 0.435 e. The summed E-state index contributed by atoms with van der Waals surface area (Å²) in [4.78, 5) is 14.3. The molecule has 2 aromatic heterocycles. The Hall–Kier alpha value is -2.12. The van der Waals surface area contributed by atoms with Crippen LogP contribution in [0.2, 0.25) is 0 Å². The Bertz CT molecular complexity index is 576. The van der Waals surface area contributed by atoms with Gasteiger partial charge in [0, 0.05) is 12.4 Å². The van der Waals surface area contributed by atoms with Gasteiger partial charge in [0.15, 0.2) is 5.69 Å². The molecule has 0 aliphatic heterocycles. The minimum absolute atomic E-state index is 0.0437. The van der Waals surface area contributed by atoms with E-state index in [2.05, 4.69) is 10.1 Å². The van der Waals surface area contributed by atoms with Crippen LogP contribution in [0.3, 0.4) is 0 Å². The zero-order valence-electron chi connectivity index (χ0n) is 8.27. The highest BCUT2D eigenvalue weighted by molar-refractivity contribution is 5.73. The fourth-order valence-corrected chi connectivity index (χ4v) is 1.39. The van der Waals surface area contributed by atoms with Crippen LogP contribution in [0, 0.1) is 0 Å². The molecule has 5 nitrogen and oxygen atoms in total. The van der Waals surface area contributed by atoms with Gasteiger partial charge in [0.2, 0.25) is 0 Å². The average molecular weight is 245 g/mol. The Kier molecular flexibility index (Phi) is 2.49. The number of halogens is 3. The fourth-order valence-electron chi connectivity index (χ4n) is 1.39. The van der Waals surface area contributed by atoms with Crippen LogP contribution in [0.1, 0.15) is 11.4 Å². The van der Waals surface area contributed by atoms with Crippen molar-refractivity contribution in [2.45, 2.75) is 12.6 Å². The van der Waals surface area contributed by atoms with Crippen molar-refractivity contribution in [3.05, 3.63) is 29.8 Å². The van der Waals surface area contributed by atoms with Gasteiger partial charge in [-0.1, -0.05) is 0 Å². The van der Waals surface area contributed by atoms with Gasteiger partial charge in [-0.05, 0) is 6.07 Å². The molecule has 17 heavy (non-hydrogen) atoms. The number of carboxylic acid groups (broad SMARTS) is 1. The summed E-state index contributed by atoms with van der Waals surface area (Å²) in [6.07, 6.45) is -2.58. The molecule has 0 bridgehead atoms. The number of carbonyl (C=O) groups is 1. The van der Waals surface area contributed by atoms with E-state index in [0.717, 1.165) is 10.6 Å². The lowest BCUT2D eigenvalue weighted by Crippen LogP contribution is -2.05. The first-order valence-corrected chi connectivity index (χ1v) is 4.50. The maximum Gasteiger partial charge on any atom is 0.435 e. The number of carboxylic acids is 1. The maximum atomic E-state index is 12.4. The van der Waals surface area contributed by atoms with Crippen molar-refractivity contribution in [2.75, 3.05) is 0 Å². The Labute approximate surface area is 92.5 Å². The first-order chi connectivity index (χ1) is 7.88. The van der Waals surface area contributed by atoms with Crippen molar-refractivity contribution in [3.63, 3.8) is 0 Å². The molecule has 0 aliphatic carbocycles. The van der Waals surface area contributed by atoms with E-state index in [4.69, 9.17) is 5.11 Å². The van der Waals surface area contributed by atoms with Crippen LogP contribution in [-0.2, 0) is 17.4 Å². The molecule has 0 aromatic carbocycles. The van der Waals surface area contributed by atoms with E-state index in [9.17, 15) is 18.0 Å². The van der Waals surface area contributed by atoms with Crippen molar-refractivity contribution in [1.29, 1.82) is 0 Å². The van der Waals surface area contributed by atoms with Gasteiger partial charge >= 0.3 is 12.1 Å². The largest absolute Gasteiger partial charge is 0.481 e. The molecular formula is C9H6F3N3O2. The molecule has 8 heteroatoms. The lowest BCUT2D eigenvalue weighted by Gasteiger charge is -1.98. The Morgan fingerprint density at radius 2 is 2.18 bits per heavy atom. The summed E-state index contributed by atoms with van der Waals surface area (Å²) >= 11 is 0. The summed E-state index contributed by atoms with van der Waals surface area (Å²) in [6, 6.07) is 0.783. The number of aliphatic carboxylic acids is 1. The molecule has 2 rings (SSSR count). The van der Waals surface area contributed by atoms with Crippen molar-refractivity contribution >= 4 is 11.5 Å². The van der Waals surface area contributed by atoms with Gasteiger partial charge in [0.25, 0.3) is 0 Å². The van der Waals surface area contributed by atoms with E-state index < -0.39 is 24.3 Å². The second kappa shape index (κ2) is 3.72. The first-order valence-electron chi connectivity index (χ1n) is 4.50. The molecule has 0 fully saturated rings. The third kappa shape index (κ3) is 2.19. The van der Waals surface area contributed by atoms with Gasteiger partial charge in [0.05, 0.1) is 17.6 Å². The predicted octanol–water partition coefficient (Wildman–Crippen LogP) is 1.38. The lowest BCUT2D eigenvalue weighted by molar-refractivity contribution is -0.141. The Balaban J connectivity index is 2.57. The van der Waals surface area contributed by atoms with E-state index in [-0.39, 0.29) is 11.2 Å². The summed E-state index contributed by atoms with van der Waals surface area (Å²) in [5.41, 5.74) is -0.984. The highest BCUT2D eigenvalue weighted by Gasteiger charge is 2.34. The quantitative estimate of drug-likeness (QED) is 0.867. The van der Waals surface area contributed by atoms with Crippen LogP contribution in [-0.4, -0.2) is 25.7 Å². The fraction of sp³-hybridized carbons (Fsp3) is 0.222. The summed E-state index contributed by atoms with van der Waals surface area (Å²) in [7, 11) is 0. The topological polar surface area (TPSA) is 67.5 Å². The molecule has 0 atom stereocenters. The summed E-state index contributed by atoms with van der Waals surface area (Å²) in [5, 5.41) is 11.9. The SMILES string of the molecule is O=C(O)Cc1nccn2nc(C(F)(F)F)cc12. The zero-order valence-corrected chi connectivity index (χ0v) is 8.27. The molecular weight excluding hydrogens is 239 g/mol. The van der Waals surface area contributed by atoms with Gasteiger partial charge in [0.1, 0.15) is 0 Å². The normalized spacial score (nSPS) is 11.9. The molecule has 0 unspecified atom stereocenters. The molecule has 1 N–H and O–H groups in total. The van der Waals surface area contributed by atoms with Gasteiger partial charge in [-0.3, -0.25) is 9.78 Å². The molecule has 0 saturated heterocycles. The van der Waals surface area contributed by atoms with E-state index in [1.165, 1.54) is 12.4 Å². The van der Waals surface area contributed by atoms with Crippen LogP contribution >= 0.6 is 0 Å². The van der Waals surface area contributed by atoms with Gasteiger partial charge < -0.3 is 5.11 Å². The van der Waals surface area contributed by atoms with E-state index >= 15 is 0 Å². The molecule has 0 spiro atoms. The average Bonchev–Trinajstić information content (AvgIpc) is 2.60. The minimum atomic E-state index is -4.56. The summed E-state index contributed by atoms with van der Waals surface area (Å²) < 4.78 is 38.2. The van der Waals surface area contributed by atoms with Crippen molar-refractivity contribution < 1.29 is 23.1 Å². The number of aromatic nitrogens is 3. The predicted molar refractivity (Wildman–Crippen MR) is 49.3 cm³/mol. The highest BCUT2D eigenvalue weighted by atomic mass is 19.4. The summed E-state index contributed by atoms with van der Waals surface area (Å²) in [5.74, 6) is -1.17. The van der Waals surface area contributed by atoms with E-state index in [1.807, 2.05) is 0 Å². The number of hydrogen-bond donors (Lipinski definition) is 1. The van der Waals surface area contributed by atoms with Crippen LogP contribution in [0.5, 0.6) is 0 Å². The molecule has 0 amide bonds. The first kappa shape index (κ1) is 11.4. The number of fused-ring (bicyclic) bond motifs is 1. The number of rotatable bonds is 2. The molecule has 0 radical (unpaired) electrons. The number of nitrogens with zero attached hydrogens (tertiary/aromatic N) is 3. The Morgan fingerprint density at radius 3 is 2.76 bits per heavy atom. The van der Waals surface area contributed by atoms with Gasteiger partial charge in [-0.25, -0.2) is 4.52 Å². The second-order valence-electron chi connectivity index (χ2n) is 3.30. The van der Waals surface area contributed by atoms with Crippen molar-refractivity contribution in [2.24, 2.45) is 0 Å². The third-order valence-electron chi connectivity index (χ3n) is 2.08. The van der Waals surface area contributed by atoms with Gasteiger partial charge in [-0.15, -0.1) is 0 Å². The molecule has 2 heterocycles. The van der Waals surface area contributed by atoms with Crippen LogP contribution in [0.15, 0.2) is 18.5 Å². The summed E-state index contributed by atoms with van der Waals surface area (Å²) in [6.45, 7) is 0. The lowest BCUT2D eigenvalue weighted by atomic mass is 10.2. The van der Waals surface area contributed by atoms with Crippen molar-refractivity contribution in [1.82, 2.24) is 14.6 Å². The maximum absolute atomic E-state index is 12.4. The van der Waals surface area contributed by atoms with Crippen LogP contribution in [0.4, 0.5) is 13.2 Å². The standard InChI is InChI=1S/C9H6F3N3O2/c10-9(11,12)7-4-6-5(3-8(16)17)13-1-2-15(6)14-7/h1-2,4H,3H2,(H,16,17). The molecule has 0 saturated carbocycles. The van der Waals surface area contributed by atoms with E-state index in [1.54, 1.807) is 0 Å². The third-order valence-corrected chi connectivity index (χ3v) is 2.08. The zero-order chi connectivity index (χ0) is 12.6. The molecule has 90 valence electrons. The second-order valence-corrected chi connectivity index (χ2v) is 3.30. The molecule has 0 aliphatic rings. The minimum Gasteiger partial charge on any atom is -0.481 e. The monoisotopic (exact) mass is 245 g/mol. The molecule has 2 aromatic rings. The van der Waals surface area contributed by atoms with Crippen LogP contribution in [0.25, 0.3) is 5.52 Å². The van der Waals surface area contributed by atoms with Crippen molar-refractivity contribution in [3.8, 4) is 0 Å².